The summed E-state index contributed by atoms with van der Waals surface area (Å²) in [5.41, 5.74) is 1.40. The molecule has 1 rings (SSSR count). The first kappa shape index (κ1) is 15.0. The van der Waals surface area contributed by atoms with Crippen LogP contribution in [0.15, 0.2) is 16.6 Å². The number of carbonyl (C=O) groups is 1. The fourth-order valence-corrected chi connectivity index (χ4v) is 1.89. The number of ether oxygens (including phenoxy) is 1. The summed E-state index contributed by atoms with van der Waals surface area (Å²) in [5.74, 6) is 0.0201. The Bertz CT molecular complexity index is 453. The molecule has 0 aromatic heterocycles. The number of rotatable bonds is 5. The van der Waals surface area contributed by atoms with Crippen LogP contribution in [-0.2, 0) is 4.79 Å². The lowest BCUT2D eigenvalue weighted by Gasteiger charge is -2.19. The molecule has 0 atom stereocenters. The van der Waals surface area contributed by atoms with Crippen LogP contribution in [0.4, 0.5) is 0 Å². The van der Waals surface area contributed by atoms with E-state index in [9.17, 15) is 4.79 Å². The maximum atomic E-state index is 11.0. The summed E-state index contributed by atoms with van der Waals surface area (Å²) in [5, 5.41) is 9.01. The van der Waals surface area contributed by atoms with Crippen molar-refractivity contribution >= 4 is 21.9 Å². The van der Waals surface area contributed by atoms with E-state index in [1.54, 1.807) is 13.8 Å². The van der Waals surface area contributed by atoms with E-state index in [-0.39, 0.29) is 0 Å². The van der Waals surface area contributed by atoms with E-state index in [0.29, 0.717) is 13.0 Å². The minimum atomic E-state index is -0.796. The number of aryl methyl sites for hydroxylation is 2. The lowest BCUT2D eigenvalue weighted by molar-refractivity contribution is -0.147. The first-order valence-electron chi connectivity index (χ1n) is 5.87. The molecule has 0 aliphatic carbocycles. The lowest BCUT2D eigenvalue weighted by atomic mass is 9.90. The highest BCUT2D eigenvalue weighted by Gasteiger charge is 2.26. The van der Waals surface area contributed by atoms with Crippen molar-refractivity contribution in [2.24, 2.45) is 5.41 Å². The zero-order chi connectivity index (χ0) is 13.9. The van der Waals surface area contributed by atoms with E-state index in [2.05, 4.69) is 15.9 Å². The number of benzene rings is 1. The predicted molar refractivity (Wildman–Crippen MR) is 75.1 cm³/mol. The second kappa shape index (κ2) is 5.74. The SMILES string of the molecule is Cc1cc(OCCC(C)(C)C(=O)O)c(C)cc1Br. The van der Waals surface area contributed by atoms with Crippen molar-refractivity contribution in [2.45, 2.75) is 34.1 Å². The number of carboxylic acid groups (broad SMARTS) is 1. The molecule has 0 unspecified atom stereocenters. The van der Waals surface area contributed by atoms with Gasteiger partial charge in [-0.3, -0.25) is 4.79 Å². The van der Waals surface area contributed by atoms with E-state index in [0.717, 1.165) is 21.3 Å². The molecule has 0 amide bonds. The minimum Gasteiger partial charge on any atom is -0.493 e. The van der Waals surface area contributed by atoms with Crippen molar-refractivity contribution in [3.8, 4) is 5.75 Å². The quantitative estimate of drug-likeness (QED) is 0.895. The second-order valence-electron chi connectivity index (χ2n) is 5.15. The highest BCUT2D eigenvalue weighted by Crippen LogP contribution is 2.27. The molecule has 0 saturated carbocycles. The third kappa shape index (κ3) is 3.73. The Kier molecular flexibility index (Phi) is 4.79. The normalized spacial score (nSPS) is 11.4. The number of hydrogen-bond donors (Lipinski definition) is 1. The van der Waals surface area contributed by atoms with Crippen LogP contribution in [0.3, 0.4) is 0 Å². The van der Waals surface area contributed by atoms with E-state index in [1.807, 2.05) is 26.0 Å². The summed E-state index contributed by atoms with van der Waals surface area (Å²) in [6, 6.07) is 3.97. The zero-order valence-electron chi connectivity index (χ0n) is 11.2. The number of hydrogen-bond acceptors (Lipinski definition) is 2. The molecule has 0 bridgehead atoms. The summed E-state index contributed by atoms with van der Waals surface area (Å²) >= 11 is 3.47. The summed E-state index contributed by atoms with van der Waals surface area (Å²) in [4.78, 5) is 11.0. The largest absolute Gasteiger partial charge is 0.493 e. The molecule has 0 heterocycles. The number of aliphatic carboxylic acids is 1. The summed E-state index contributed by atoms with van der Waals surface area (Å²) < 4.78 is 6.73. The molecule has 0 fully saturated rings. The van der Waals surface area contributed by atoms with Gasteiger partial charge in [0.05, 0.1) is 12.0 Å². The Morgan fingerprint density at radius 1 is 1.33 bits per heavy atom. The molecular weight excluding hydrogens is 296 g/mol. The van der Waals surface area contributed by atoms with Crippen LogP contribution in [0.5, 0.6) is 5.75 Å². The van der Waals surface area contributed by atoms with Crippen molar-refractivity contribution in [1.29, 1.82) is 0 Å². The molecule has 4 heteroatoms. The van der Waals surface area contributed by atoms with Crippen molar-refractivity contribution in [2.75, 3.05) is 6.61 Å². The van der Waals surface area contributed by atoms with E-state index >= 15 is 0 Å². The number of halogens is 1. The average Bonchev–Trinajstić information content (AvgIpc) is 2.25. The van der Waals surface area contributed by atoms with Crippen molar-refractivity contribution in [1.82, 2.24) is 0 Å². The average molecular weight is 315 g/mol. The van der Waals surface area contributed by atoms with Crippen LogP contribution in [0.2, 0.25) is 0 Å². The fraction of sp³-hybridized carbons (Fsp3) is 0.500. The van der Waals surface area contributed by atoms with Gasteiger partial charge >= 0.3 is 5.97 Å². The molecule has 0 aliphatic rings. The minimum absolute atomic E-state index is 0.404. The Hall–Kier alpha value is -1.03. The molecule has 1 aromatic carbocycles. The molecule has 3 nitrogen and oxygen atoms in total. The van der Waals surface area contributed by atoms with E-state index in [1.165, 1.54) is 0 Å². The van der Waals surface area contributed by atoms with Gasteiger partial charge in [-0.05, 0) is 57.4 Å². The maximum Gasteiger partial charge on any atom is 0.309 e. The maximum absolute atomic E-state index is 11.0. The van der Waals surface area contributed by atoms with E-state index < -0.39 is 11.4 Å². The van der Waals surface area contributed by atoms with Crippen molar-refractivity contribution in [3.63, 3.8) is 0 Å². The third-order valence-corrected chi connectivity index (χ3v) is 3.87. The smallest absolute Gasteiger partial charge is 0.309 e. The van der Waals surface area contributed by atoms with Crippen LogP contribution in [0, 0.1) is 19.3 Å². The van der Waals surface area contributed by atoms with E-state index in [4.69, 9.17) is 9.84 Å². The molecule has 0 aliphatic heterocycles. The zero-order valence-corrected chi connectivity index (χ0v) is 12.8. The van der Waals surface area contributed by atoms with Gasteiger partial charge in [-0.2, -0.15) is 0 Å². The first-order valence-corrected chi connectivity index (χ1v) is 6.66. The monoisotopic (exact) mass is 314 g/mol. The van der Waals surface area contributed by atoms with Crippen LogP contribution >= 0.6 is 15.9 Å². The summed E-state index contributed by atoms with van der Waals surface area (Å²) in [7, 11) is 0. The molecule has 1 N–H and O–H groups in total. The Labute approximate surface area is 116 Å². The van der Waals surface area contributed by atoms with Gasteiger partial charge in [0.15, 0.2) is 0 Å². The highest BCUT2D eigenvalue weighted by molar-refractivity contribution is 9.10. The van der Waals surface area contributed by atoms with Gasteiger partial charge in [0.2, 0.25) is 0 Å². The molecule has 18 heavy (non-hydrogen) atoms. The molecule has 0 radical (unpaired) electrons. The van der Waals surface area contributed by atoms with Crippen LogP contribution in [-0.4, -0.2) is 17.7 Å². The van der Waals surface area contributed by atoms with Gasteiger partial charge in [0.1, 0.15) is 5.75 Å². The first-order chi connectivity index (χ1) is 8.24. The fourth-order valence-electron chi connectivity index (χ4n) is 1.43. The Balaban J connectivity index is 2.65. The van der Waals surface area contributed by atoms with Gasteiger partial charge in [-0.15, -0.1) is 0 Å². The van der Waals surface area contributed by atoms with Gasteiger partial charge in [-0.1, -0.05) is 15.9 Å². The van der Waals surface area contributed by atoms with Gasteiger partial charge in [-0.25, -0.2) is 0 Å². The standard InChI is InChI=1S/C14H19BrO3/c1-9-8-12(10(2)7-11(9)15)18-6-5-14(3,4)13(16)17/h7-8H,5-6H2,1-4H3,(H,16,17). The molecule has 100 valence electrons. The van der Waals surface area contributed by atoms with Crippen LogP contribution in [0.1, 0.15) is 31.4 Å². The van der Waals surface area contributed by atoms with Gasteiger partial charge in [0.25, 0.3) is 0 Å². The molecular formula is C14H19BrO3. The second-order valence-corrected chi connectivity index (χ2v) is 6.01. The summed E-state index contributed by atoms with van der Waals surface area (Å²) in [6.45, 7) is 7.79. The Morgan fingerprint density at radius 3 is 2.50 bits per heavy atom. The Morgan fingerprint density at radius 2 is 1.94 bits per heavy atom. The summed E-state index contributed by atoms with van der Waals surface area (Å²) in [6.07, 6.45) is 0.483. The van der Waals surface area contributed by atoms with Crippen LogP contribution < -0.4 is 4.74 Å². The topological polar surface area (TPSA) is 46.5 Å². The van der Waals surface area contributed by atoms with Crippen LogP contribution in [0.25, 0.3) is 0 Å². The number of carboxylic acids is 1. The van der Waals surface area contributed by atoms with Crippen molar-refractivity contribution in [3.05, 3.63) is 27.7 Å². The molecule has 1 aromatic rings. The lowest BCUT2D eigenvalue weighted by Crippen LogP contribution is -2.25. The predicted octanol–water partition coefficient (Wildman–Crippen LogP) is 3.95. The highest BCUT2D eigenvalue weighted by atomic mass is 79.9. The van der Waals surface area contributed by atoms with Gasteiger partial charge in [0, 0.05) is 4.47 Å². The molecule has 0 saturated heterocycles. The third-order valence-electron chi connectivity index (χ3n) is 3.02. The molecule has 0 spiro atoms. The van der Waals surface area contributed by atoms with Gasteiger partial charge < -0.3 is 9.84 Å². The van der Waals surface area contributed by atoms with Crippen molar-refractivity contribution < 1.29 is 14.6 Å².